The van der Waals surface area contributed by atoms with Crippen molar-refractivity contribution in [2.45, 2.75) is 26.3 Å². The van der Waals surface area contributed by atoms with Crippen LogP contribution in [0.15, 0.2) is 18.2 Å². The van der Waals surface area contributed by atoms with Gasteiger partial charge in [0, 0.05) is 31.4 Å². The van der Waals surface area contributed by atoms with E-state index >= 15 is 0 Å². The van der Waals surface area contributed by atoms with Crippen LogP contribution in [0.2, 0.25) is 0 Å². The third-order valence-corrected chi connectivity index (χ3v) is 2.97. The Labute approximate surface area is 96.5 Å². The quantitative estimate of drug-likeness (QED) is 0.840. The largest absolute Gasteiger partial charge is 0.370 e. The number of nitrogens with zero attached hydrogens (tertiary/aromatic N) is 1. The van der Waals surface area contributed by atoms with E-state index in [9.17, 15) is 4.39 Å². The lowest BCUT2D eigenvalue weighted by Gasteiger charge is -2.20. The van der Waals surface area contributed by atoms with Crippen LogP contribution in [0.1, 0.15) is 19.4 Å². The maximum Gasteiger partial charge on any atom is 0.125 e. The van der Waals surface area contributed by atoms with E-state index < -0.39 is 0 Å². The predicted octanol–water partition coefficient (Wildman–Crippen LogP) is 2.19. The molecule has 1 aliphatic rings. The van der Waals surface area contributed by atoms with Crippen molar-refractivity contribution < 1.29 is 4.39 Å². The molecule has 2 nitrogen and oxygen atoms in total. The first kappa shape index (κ1) is 11.4. The Morgan fingerprint density at radius 2 is 2.25 bits per heavy atom. The van der Waals surface area contributed by atoms with Gasteiger partial charge in [-0.1, -0.05) is 19.9 Å². The molecule has 16 heavy (non-hydrogen) atoms. The zero-order valence-electron chi connectivity index (χ0n) is 9.96. The van der Waals surface area contributed by atoms with E-state index in [0.717, 1.165) is 31.7 Å². The summed E-state index contributed by atoms with van der Waals surface area (Å²) in [6, 6.07) is 5.61. The van der Waals surface area contributed by atoms with Gasteiger partial charge in [-0.25, -0.2) is 4.39 Å². The molecule has 0 atom stereocenters. The van der Waals surface area contributed by atoms with Crippen molar-refractivity contribution in [1.82, 2.24) is 5.32 Å². The Morgan fingerprint density at radius 3 is 3.00 bits per heavy atom. The molecule has 0 saturated heterocycles. The summed E-state index contributed by atoms with van der Waals surface area (Å²) in [5.41, 5.74) is 2.34. The number of halogens is 1. The highest BCUT2D eigenvalue weighted by atomic mass is 19.1. The number of rotatable bonds is 4. The van der Waals surface area contributed by atoms with Gasteiger partial charge in [-0.3, -0.25) is 0 Å². The van der Waals surface area contributed by atoms with Gasteiger partial charge < -0.3 is 10.2 Å². The number of anilines is 1. The number of benzene rings is 1. The van der Waals surface area contributed by atoms with Crippen molar-refractivity contribution in [3.63, 3.8) is 0 Å². The Hall–Kier alpha value is -1.09. The van der Waals surface area contributed by atoms with Gasteiger partial charge >= 0.3 is 0 Å². The molecular formula is C13H19FN2. The van der Waals surface area contributed by atoms with Gasteiger partial charge in [0.2, 0.25) is 0 Å². The van der Waals surface area contributed by atoms with Crippen LogP contribution in [0.3, 0.4) is 0 Å². The van der Waals surface area contributed by atoms with Crippen LogP contribution >= 0.6 is 0 Å². The molecule has 0 amide bonds. The summed E-state index contributed by atoms with van der Waals surface area (Å²) in [4.78, 5) is 2.26. The Balaban J connectivity index is 1.97. The third kappa shape index (κ3) is 2.53. The molecule has 0 aliphatic carbocycles. The summed E-state index contributed by atoms with van der Waals surface area (Å²) >= 11 is 0. The summed E-state index contributed by atoms with van der Waals surface area (Å²) < 4.78 is 13.1. The first-order valence-corrected chi connectivity index (χ1v) is 5.93. The SMILES string of the molecule is CC(C)NCCN1CCc2ccc(F)cc21. The van der Waals surface area contributed by atoms with Gasteiger partial charge in [0.25, 0.3) is 0 Å². The van der Waals surface area contributed by atoms with Crippen LogP contribution in [-0.4, -0.2) is 25.7 Å². The van der Waals surface area contributed by atoms with E-state index in [1.54, 1.807) is 12.1 Å². The van der Waals surface area contributed by atoms with Crippen LogP contribution in [-0.2, 0) is 6.42 Å². The van der Waals surface area contributed by atoms with Gasteiger partial charge in [0.15, 0.2) is 0 Å². The molecule has 2 rings (SSSR count). The molecule has 88 valence electrons. The highest BCUT2D eigenvalue weighted by Crippen LogP contribution is 2.27. The molecule has 0 spiro atoms. The molecular weight excluding hydrogens is 203 g/mol. The third-order valence-electron chi connectivity index (χ3n) is 2.97. The van der Waals surface area contributed by atoms with Gasteiger partial charge in [0.1, 0.15) is 5.82 Å². The number of hydrogen-bond donors (Lipinski definition) is 1. The topological polar surface area (TPSA) is 15.3 Å². The normalized spacial score (nSPS) is 14.6. The van der Waals surface area contributed by atoms with Crippen LogP contribution in [0.4, 0.5) is 10.1 Å². The maximum absolute atomic E-state index is 13.1. The molecule has 1 heterocycles. The second-order valence-electron chi connectivity index (χ2n) is 4.62. The maximum atomic E-state index is 13.1. The van der Waals surface area contributed by atoms with Crippen molar-refractivity contribution in [2.24, 2.45) is 0 Å². The smallest absolute Gasteiger partial charge is 0.125 e. The van der Waals surface area contributed by atoms with Crippen molar-refractivity contribution in [3.8, 4) is 0 Å². The summed E-state index contributed by atoms with van der Waals surface area (Å²) in [6.45, 7) is 7.19. The summed E-state index contributed by atoms with van der Waals surface area (Å²) in [6.07, 6.45) is 1.04. The monoisotopic (exact) mass is 222 g/mol. The standard InChI is InChI=1S/C13H19FN2/c1-10(2)15-6-8-16-7-5-11-3-4-12(14)9-13(11)16/h3-4,9-10,15H,5-8H2,1-2H3. The molecule has 0 fully saturated rings. The summed E-state index contributed by atoms with van der Waals surface area (Å²) in [5.74, 6) is -0.137. The minimum absolute atomic E-state index is 0.137. The molecule has 1 aliphatic heterocycles. The van der Waals surface area contributed by atoms with Crippen LogP contribution in [0, 0.1) is 5.82 Å². The Morgan fingerprint density at radius 1 is 1.44 bits per heavy atom. The van der Waals surface area contributed by atoms with Crippen molar-refractivity contribution in [3.05, 3.63) is 29.6 Å². The highest BCUT2D eigenvalue weighted by molar-refractivity contribution is 5.58. The number of hydrogen-bond acceptors (Lipinski definition) is 2. The Bertz CT molecular complexity index is 363. The second kappa shape index (κ2) is 4.83. The summed E-state index contributed by atoms with van der Waals surface area (Å²) in [7, 11) is 0. The van der Waals surface area contributed by atoms with E-state index in [1.807, 2.05) is 6.07 Å². The molecule has 3 heteroatoms. The van der Waals surface area contributed by atoms with Crippen LogP contribution in [0.25, 0.3) is 0 Å². The molecule has 1 aromatic rings. The fraction of sp³-hybridized carbons (Fsp3) is 0.538. The minimum Gasteiger partial charge on any atom is -0.370 e. The van der Waals surface area contributed by atoms with Crippen molar-refractivity contribution >= 4 is 5.69 Å². The first-order valence-electron chi connectivity index (χ1n) is 5.93. The van der Waals surface area contributed by atoms with E-state index in [0.29, 0.717) is 6.04 Å². The number of nitrogens with one attached hydrogen (secondary N) is 1. The van der Waals surface area contributed by atoms with E-state index in [4.69, 9.17) is 0 Å². The minimum atomic E-state index is -0.137. The zero-order chi connectivity index (χ0) is 11.5. The highest BCUT2D eigenvalue weighted by Gasteiger charge is 2.18. The Kier molecular flexibility index (Phi) is 3.44. The van der Waals surface area contributed by atoms with Gasteiger partial charge in [-0.15, -0.1) is 0 Å². The number of fused-ring (bicyclic) bond motifs is 1. The average molecular weight is 222 g/mol. The zero-order valence-corrected chi connectivity index (χ0v) is 9.96. The second-order valence-corrected chi connectivity index (χ2v) is 4.62. The van der Waals surface area contributed by atoms with Crippen LogP contribution in [0.5, 0.6) is 0 Å². The lowest BCUT2D eigenvalue weighted by molar-refractivity contribution is 0.584. The fourth-order valence-electron chi connectivity index (χ4n) is 2.14. The first-order chi connectivity index (χ1) is 7.66. The molecule has 0 saturated carbocycles. The molecule has 0 unspecified atom stereocenters. The average Bonchev–Trinajstić information content (AvgIpc) is 2.60. The van der Waals surface area contributed by atoms with Crippen molar-refractivity contribution in [2.75, 3.05) is 24.5 Å². The van der Waals surface area contributed by atoms with Gasteiger partial charge in [-0.2, -0.15) is 0 Å². The van der Waals surface area contributed by atoms with Crippen LogP contribution < -0.4 is 10.2 Å². The van der Waals surface area contributed by atoms with Crippen molar-refractivity contribution in [1.29, 1.82) is 0 Å². The van der Waals surface area contributed by atoms with E-state index in [-0.39, 0.29) is 5.82 Å². The molecule has 1 aromatic carbocycles. The lowest BCUT2D eigenvalue weighted by atomic mass is 10.2. The molecule has 0 bridgehead atoms. The summed E-state index contributed by atoms with van der Waals surface area (Å²) in [5, 5.41) is 3.38. The predicted molar refractivity (Wildman–Crippen MR) is 65.5 cm³/mol. The molecule has 0 radical (unpaired) electrons. The fourth-order valence-corrected chi connectivity index (χ4v) is 2.14. The molecule has 0 aromatic heterocycles. The van der Waals surface area contributed by atoms with E-state index in [2.05, 4.69) is 24.1 Å². The molecule has 1 N–H and O–H groups in total. The van der Waals surface area contributed by atoms with Gasteiger partial charge in [-0.05, 0) is 24.1 Å². The lowest BCUT2D eigenvalue weighted by Crippen LogP contribution is -2.34. The van der Waals surface area contributed by atoms with Gasteiger partial charge in [0.05, 0.1) is 0 Å². The van der Waals surface area contributed by atoms with E-state index in [1.165, 1.54) is 5.56 Å².